The average Bonchev–Trinajstić information content (AvgIpc) is 3.64. The van der Waals surface area contributed by atoms with Crippen LogP contribution in [-0.4, -0.2) is 9.13 Å². The van der Waals surface area contributed by atoms with E-state index in [2.05, 4.69) is 160 Å². The number of fused-ring (bicyclic) bond motifs is 6. The van der Waals surface area contributed by atoms with Gasteiger partial charge in [-0.25, -0.2) is 4.85 Å². The molecule has 0 saturated carbocycles. The maximum Gasteiger partial charge on any atom is 0.187 e. The molecule has 9 aromatic rings. The van der Waals surface area contributed by atoms with E-state index in [9.17, 15) is 0 Å². The highest BCUT2D eigenvalue weighted by atomic mass is 15.0. The third kappa shape index (κ3) is 3.84. The van der Waals surface area contributed by atoms with Crippen molar-refractivity contribution < 1.29 is 0 Å². The summed E-state index contributed by atoms with van der Waals surface area (Å²) in [6.07, 6.45) is 0. The third-order valence-corrected chi connectivity index (χ3v) is 9.14. The molecule has 2 heterocycles. The highest BCUT2D eigenvalue weighted by molar-refractivity contribution is 6.12. The van der Waals surface area contributed by atoms with Gasteiger partial charge in [0.05, 0.1) is 40.0 Å². The van der Waals surface area contributed by atoms with E-state index in [1.807, 2.05) is 18.2 Å². The molecule has 2 aromatic heterocycles. The van der Waals surface area contributed by atoms with E-state index in [0.29, 0.717) is 5.69 Å². The standard InChI is InChI=1S/C43H27N3/c1-44-30-15-12-14-29(28-30)31-21-13-27-42(46-39-24-9-4-18-34(39)35-19-5-10-25-40(35)46)43(31)36-20-6-11-26-41(36)45-37-22-7-2-16-32(37)33-17-3-8-23-38(33)45/h2-28H. The summed E-state index contributed by atoms with van der Waals surface area (Å²) in [5, 5.41) is 4.91. The predicted octanol–water partition coefficient (Wildman–Crippen LogP) is 11.8. The number of rotatable bonds is 4. The zero-order chi connectivity index (χ0) is 30.6. The van der Waals surface area contributed by atoms with E-state index in [1.165, 1.54) is 32.6 Å². The SMILES string of the molecule is [C-]#[N+]c1cccc(-c2cccc(-n3c4ccccc4c4ccccc43)c2-c2ccccc2-n2c3ccccc3c3ccccc32)c1. The zero-order valence-electron chi connectivity index (χ0n) is 24.9. The third-order valence-electron chi connectivity index (χ3n) is 9.14. The fourth-order valence-electron chi connectivity index (χ4n) is 7.24. The Morgan fingerprint density at radius 1 is 0.391 bits per heavy atom. The molecule has 0 aliphatic rings. The fourth-order valence-corrected chi connectivity index (χ4v) is 7.24. The van der Waals surface area contributed by atoms with Crippen LogP contribution in [0.5, 0.6) is 0 Å². The second kappa shape index (κ2) is 10.4. The summed E-state index contributed by atoms with van der Waals surface area (Å²) in [7, 11) is 0. The van der Waals surface area contributed by atoms with E-state index >= 15 is 0 Å². The van der Waals surface area contributed by atoms with Crippen LogP contribution in [0.15, 0.2) is 164 Å². The highest BCUT2D eigenvalue weighted by Crippen LogP contribution is 2.45. The zero-order valence-corrected chi connectivity index (χ0v) is 24.9. The Labute approximate surface area is 266 Å². The van der Waals surface area contributed by atoms with E-state index in [0.717, 1.165) is 44.7 Å². The quantitative estimate of drug-likeness (QED) is 0.182. The van der Waals surface area contributed by atoms with E-state index in [-0.39, 0.29) is 0 Å². The molecule has 0 fully saturated rings. The van der Waals surface area contributed by atoms with Crippen molar-refractivity contribution in [2.24, 2.45) is 0 Å². The molecule has 0 unspecified atom stereocenters. The van der Waals surface area contributed by atoms with Gasteiger partial charge in [0.2, 0.25) is 0 Å². The first-order chi connectivity index (χ1) is 22.8. The molecular weight excluding hydrogens is 558 g/mol. The summed E-state index contributed by atoms with van der Waals surface area (Å²) < 4.78 is 4.81. The van der Waals surface area contributed by atoms with Gasteiger partial charge in [-0.05, 0) is 53.6 Å². The number of hydrogen-bond donors (Lipinski definition) is 0. The van der Waals surface area contributed by atoms with E-state index in [4.69, 9.17) is 6.57 Å². The van der Waals surface area contributed by atoms with E-state index in [1.54, 1.807) is 0 Å². The van der Waals surface area contributed by atoms with Crippen molar-refractivity contribution in [1.29, 1.82) is 0 Å². The fraction of sp³-hybridized carbons (Fsp3) is 0. The molecular formula is C43H27N3. The second-order valence-electron chi connectivity index (χ2n) is 11.6. The lowest BCUT2D eigenvalue weighted by atomic mass is 9.91. The van der Waals surface area contributed by atoms with Gasteiger partial charge >= 0.3 is 0 Å². The van der Waals surface area contributed by atoms with Crippen molar-refractivity contribution in [3.05, 3.63) is 175 Å². The van der Waals surface area contributed by atoms with Gasteiger partial charge in [-0.15, -0.1) is 0 Å². The molecule has 0 aliphatic heterocycles. The normalized spacial score (nSPS) is 11.5. The molecule has 3 nitrogen and oxygen atoms in total. The smallest absolute Gasteiger partial charge is 0.187 e. The van der Waals surface area contributed by atoms with Gasteiger partial charge in [-0.1, -0.05) is 121 Å². The second-order valence-corrected chi connectivity index (χ2v) is 11.6. The Bertz CT molecular complexity index is 2560. The van der Waals surface area contributed by atoms with Crippen molar-refractivity contribution in [1.82, 2.24) is 9.13 Å². The molecule has 0 saturated heterocycles. The van der Waals surface area contributed by atoms with Crippen LogP contribution in [0.25, 0.3) is 82.1 Å². The maximum absolute atomic E-state index is 7.76. The Balaban J connectivity index is 1.45. The van der Waals surface area contributed by atoms with Crippen LogP contribution in [0.4, 0.5) is 5.69 Å². The lowest BCUT2D eigenvalue weighted by Gasteiger charge is -2.22. The number of para-hydroxylation sites is 5. The lowest BCUT2D eigenvalue weighted by molar-refractivity contribution is 1.16. The summed E-state index contributed by atoms with van der Waals surface area (Å²) in [5.41, 5.74) is 11.8. The summed E-state index contributed by atoms with van der Waals surface area (Å²) in [6, 6.07) is 57.9. The molecule has 0 spiro atoms. The molecule has 9 rings (SSSR count). The first-order valence-electron chi connectivity index (χ1n) is 15.5. The predicted molar refractivity (Wildman–Crippen MR) is 192 cm³/mol. The Morgan fingerprint density at radius 3 is 1.39 bits per heavy atom. The van der Waals surface area contributed by atoms with Gasteiger partial charge in [0.25, 0.3) is 0 Å². The average molecular weight is 586 g/mol. The summed E-state index contributed by atoms with van der Waals surface area (Å²) >= 11 is 0. The molecule has 7 aromatic carbocycles. The number of aromatic nitrogens is 2. The first-order valence-corrected chi connectivity index (χ1v) is 15.5. The van der Waals surface area contributed by atoms with Crippen LogP contribution in [0, 0.1) is 6.57 Å². The molecule has 0 N–H and O–H groups in total. The van der Waals surface area contributed by atoms with E-state index < -0.39 is 0 Å². The Morgan fingerprint density at radius 2 is 0.826 bits per heavy atom. The number of nitrogens with zero attached hydrogens (tertiary/aromatic N) is 3. The summed E-state index contributed by atoms with van der Waals surface area (Å²) in [4.78, 5) is 3.78. The topological polar surface area (TPSA) is 14.2 Å². The number of benzene rings is 7. The van der Waals surface area contributed by atoms with Crippen molar-refractivity contribution in [3.63, 3.8) is 0 Å². The monoisotopic (exact) mass is 585 g/mol. The molecule has 0 bridgehead atoms. The Kier molecular flexibility index (Phi) is 5.88. The van der Waals surface area contributed by atoms with Crippen LogP contribution in [0.3, 0.4) is 0 Å². The maximum atomic E-state index is 7.76. The minimum Gasteiger partial charge on any atom is -0.309 e. The van der Waals surface area contributed by atoms with Crippen LogP contribution in [-0.2, 0) is 0 Å². The number of hydrogen-bond acceptors (Lipinski definition) is 0. The largest absolute Gasteiger partial charge is 0.309 e. The molecule has 0 aliphatic carbocycles. The Hall–Kier alpha value is -6.37. The van der Waals surface area contributed by atoms with Gasteiger partial charge < -0.3 is 9.13 Å². The minimum absolute atomic E-state index is 0.626. The molecule has 0 amide bonds. The van der Waals surface area contributed by atoms with Crippen molar-refractivity contribution in [2.75, 3.05) is 0 Å². The van der Waals surface area contributed by atoms with Crippen LogP contribution in [0.1, 0.15) is 0 Å². The minimum atomic E-state index is 0.626. The van der Waals surface area contributed by atoms with Crippen molar-refractivity contribution in [3.8, 4) is 33.6 Å². The van der Waals surface area contributed by atoms with Crippen molar-refractivity contribution in [2.45, 2.75) is 0 Å². The van der Waals surface area contributed by atoms with Crippen LogP contribution < -0.4 is 0 Å². The lowest BCUT2D eigenvalue weighted by Crippen LogP contribution is -2.03. The summed E-state index contributed by atoms with van der Waals surface area (Å²) in [5.74, 6) is 0. The molecule has 46 heavy (non-hydrogen) atoms. The highest BCUT2D eigenvalue weighted by Gasteiger charge is 2.22. The van der Waals surface area contributed by atoms with Gasteiger partial charge in [-0.2, -0.15) is 0 Å². The summed E-state index contributed by atoms with van der Waals surface area (Å²) in [6.45, 7) is 7.76. The molecule has 3 heteroatoms. The first kappa shape index (κ1) is 26.1. The molecule has 0 radical (unpaired) electrons. The molecule has 214 valence electrons. The van der Waals surface area contributed by atoms with Crippen LogP contribution in [0.2, 0.25) is 0 Å². The van der Waals surface area contributed by atoms with Gasteiger partial charge in [0, 0.05) is 32.7 Å². The van der Waals surface area contributed by atoms with Gasteiger partial charge in [-0.3, -0.25) is 0 Å². The van der Waals surface area contributed by atoms with Gasteiger partial charge in [0.15, 0.2) is 5.69 Å². The molecule has 0 atom stereocenters. The van der Waals surface area contributed by atoms with Crippen LogP contribution >= 0.6 is 0 Å². The van der Waals surface area contributed by atoms with Crippen molar-refractivity contribution >= 4 is 49.3 Å². The van der Waals surface area contributed by atoms with Gasteiger partial charge in [0.1, 0.15) is 0 Å².